The zero-order chi connectivity index (χ0) is 19.9. The average Bonchev–Trinajstić information content (AvgIpc) is 2.74. The molecule has 1 aromatic heterocycles. The van der Waals surface area contributed by atoms with Gasteiger partial charge in [0.1, 0.15) is 11.5 Å². The van der Waals surface area contributed by atoms with Crippen LogP contribution in [0.5, 0.6) is 17.4 Å². The van der Waals surface area contributed by atoms with E-state index in [1.165, 1.54) is 0 Å². The van der Waals surface area contributed by atoms with E-state index < -0.39 is 0 Å². The minimum Gasteiger partial charge on any atom is -0.497 e. The molecule has 0 aliphatic heterocycles. The lowest BCUT2D eigenvalue weighted by atomic mass is 10.1. The fraction of sp³-hybridized carbons (Fsp3) is 0.227. The molecule has 0 radical (unpaired) electrons. The molecular formula is C22H23N3O3. The highest BCUT2D eigenvalue weighted by Gasteiger charge is 2.11. The summed E-state index contributed by atoms with van der Waals surface area (Å²) in [6.45, 7) is 4.01. The van der Waals surface area contributed by atoms with Crippen molar-refractivity contribution in [1.29, 1.82) is 0 Å². The molecule has 3 rings (SSSR count). The Kier molecular flexibility index (Phi) is 6.22. The smallest absolute Gasteiger partial charge is 0.251 e. The van der Waals surface area contributed by atoms with E-state index in [0.717, 1.165) is 12.0 Å². The van der Waals surface area contributed by atoms with Crippen molar-refractivity contribution in [3.8, 4) is 28.8 Å². The minimum atomic E-state index is -0.111. The number of carbonyl (C=O) groups is 1. The summed E-state index contributed by atoms with van der Waals surface area (Å²) in [7, 11) is 1.60. The molecule has 0 saturated heterocycles. The van der Waals surface area contributed by atoms with Crippen molar-refractivity contribution in [3.63, 3.8) is 0 Å². The highest BCUT2D eigenvalue weighted by atomic mass is 16.5. The minimum absolute atomic E-state index is 0.111. The van der Waals surface area contributed by atoms with Gasteiger partial charge in [0.25, 0.3) is 5.91 Å². The molecule has 28 heavy (non-hydrogen) atoms. The molecule has 1 N–H and O–H groups in total. The molecule has 0 fully saturated rings. The Balaban J connectivity index is 1.81. The third-order valence-corrected chi connectivity index (χ3v) is 4.27. The Morgan fingerprint density at radius 2 is 1.89 bits per heavy atom. The van der Waals surface area contributed by atoms with Gasteiger partial charge in [-0.15, -0.1) is 0 Å². The van der Waals surface area contributed by atoms with E-state index in [1.54, 1.807) is 37.6 Å². The molecule has 2 aromatic carbocycles. The molecule has 0 spiro atoms. The van der Waals surface area contributed by atoms with Crippen LogP contribution < -0.4 is 14.8 Å². The van der Waals surface area contributed by atoms with Crippen molar-refractivity contribution in [2.75, 3.05) is 7.11 Å². The summed E-state index contributed by atoms with van der Waals surface area (Å²) in [5, 5.41) is 2.96. The molecular weight excluding hydrogens is 354 g/mol. The fourth-order valence-corrected chi connectivity index (χ4v) is 2.53. The second-order valence-corrected chi connectivity index (χ2v) is 6.36. The summed E-state index contributed by atoms with van der Waals surface area (Å²) >= 11 is 0. The SMILES string of the molecule is CCC(C)NC(=O)c1cccc(-c2nccc(Oc3cccc(OC)c3)n2)c1. The third-order valence-electron chi connectivity index (χ3n) is 4.27. The van der Waals surface area contributed by atoms with Gasteiger partial charge in [-0.25, -0.2) is 4.98 Å². The van der Waals surface area contributed by atoms with Crippen LogP contribution in [0, 0.1) is 0 Å². The summed E-state index contributed by atoms with van der Waals surface area (Å²) in [5.41, 5.74) is 1.31. The average molecular weight is 377 g/mol. The van der Waals surface area contributed by atoms with Gasteiger partial charge in [0.15, 0.2) is 5.82 Å². The van der Waals surface area contributed by atoms with Crippen LogP contribution in [0.25, 0.3) is 11.4 Å². The Hall–Kier alpha value is -3.41. The maximum atomic E-state index is 12.4. The first-order valence-electron chi connectivity index (χ1n) is 9.15. The van der Waals surface area contributed by atoms with Gasteiger partial charge in [0.2, 0.25) is 5.88 Å². The van der Waals surface area contributed by atoms with E-state index in [9.17, 15) is 4.79 Å². The number of methoxy groups -OCH3 is 1. The summed E-state index contributed by atoms with van der Waals surface area (Å²) < 4.78 is 11.0. The zero-order valence-corrected chi connectivity index (χ0v) is 16.2. The lowest BCUT2D eigenvalue weighted by Crippen LogP contribution is -2.31. The van der Waals surface area contributed by atoms with Crippen molar-refractivity contribution in [1.82, 2.24) is 15.3 Å². The van der Waals surface area contributed by atoms with Crippen LogP contribution in [0.2, 0.25) is 0 Å². The lowest BCUT2D eigenvalue weighted by molar-refractivity contribution is 0.0939. The third kappa shape index (κ3) is 4.85. The van der Waals surface area contributed by atoms with E-state index in [-0.39, 0.29) is 11.9 Å². The molecule has 0 aliphatic rings. The normalized spacial score (nSPS) is 11.5. The Morgan fingerprint density at radius 1 is 1.11 bits per heavy atom. The van der Waals surface area contributed by atoms with E-state index in [0.29, 0.717) is 28.8 Å². The largest absolute Gasteiger partial charge is 0.497 e. The van der Waals surface area contributed by atoms with E-state index in [2.05, 4.69) is 15.3 Å². The second kappa shape index (κ2) is 8.99. The lowest BCUT2D eigenvalue weighted by Gasteiger charge is -2.12. The first-order chi connectivity index (χ1) is 13.6. The molecule has 3 aromatic rings. The fourth-order valence-electron chi connectivity index (χ4n) is 2.53. The van der Waals surface area contributed by atoms with Crippen LogP contribution in [0.15, 0.2) is 60.8 Å². The quantitative estimate of drug-likeness (QED) is 0.657. The molecule has 0 bridgehead atoms. The number of rotatable bonds is 7. The second-order valence-electron chi connectivity index (χ2n) is 6.36. The molecule has 0 aliphatic carbocycles. The molecule has 1 unspecified atom stereocenters. The van der Waals surface area contributed by atoms with E-state index >= 15 is 0 Å². The Labute approximate surface area is 164 Å². The predicted octanol–water partition coefficient (Wildman–Crippen LogP) is 4.47. The van der Waals surface area contributed by atoms with Gasteiger partial charge in [-0.05, 0) is 37.6 Å². The van der Waals surface area contributed by atoms with Crippen molar-refractivity contribution in [2.45, 2.75) is 26.3 Å². The number of amides is 1. The number of hydrogen-bond donors (Lipinski definition) is 1. The van der Waals surface area contributed by atoms with Crippen LogP contribution in [0.4, 0.5) is 0 Å². The number of nitrogens with zero attached hydrogens (tertiary/aromatic N) is 2. The number of ether oxygens (including phenoxy) is 2. The van der Waals surface area contributed by atoms with Gasteiger partial charge in [-0.1, -0.05) is 25.1 Å². The molecule has 1 heterocycles. The molecule has 6 heteroatoms. The highest BCUT2D eigenvalue weighted by molar-refractivity contribution is 5.95. The van der Waals surface area contributed by atoms with Crippen LogP contribution in [-0.2, 0) is 0 Å². The van der Waals surface area contributed by atoms with Crippen molar-refractivity contribution in [3.05, 3.63) is 66.4 Å². The molecule has 144 valence electrons. The Morgan fingerprint density at radius 3 is 2.68 bits per heavy atom. The van der Waals surface area contributed by atoms with Gasteiger partial charge < -0.3 is 14.8 Å². The summed E-state index contributed by atoms with van der Waals surface area (Å²) in [6.07, 6.45) is 2.50. The predicted molar refractivity (Wildman–Crippen MR) is 108 cm³/mol. The standard InChI is InChI=1S/C22H23N3O3/c1-4-15(2)24-22(26)17-8-5-7-16(13-17)21-23-12-11-20(25-21)28-19-10-6-9-18(14-19)27-3/h5-15H,4H2,1-3H3,(H,24,26). The van der Waals surface area contributed by atoms with Gasteiger partial charge in [-0.2, -0.15) is 4.98 Å². The topological polar surface area (TPSA) is 73.3 Å². The van der Waals surface area contributed by atoms with Gasteiger partial charge in [0, 0.05) is 35.5 Å². The first-order valence-corrected chi connectivity index (χ1v) is 9.15. The number of aromatic nitrogens is 2. The summed E-state index contributed by atoms with van der Waals surface area (Å²) in [5.74, 6) is 2.10. The maximum absolute atomic E-state index is 12.4. The number of carbonyl (C=O) groups excluding carboxylic acids is 1. The number of benzene rings is 2. The van der Waals surface area contributed by atoms with Gasteiger partial charge >= 0.3 is 0 Å². The molecule has 0 saturated carbocycles. The zero-order valence-electron chi connectivity index (χ0n) is 16.2. The highest BCUT2D eigenvalue weighted by Crippen LogP contribution is 2.25. The van der Waals surface area contributed by atoms with Crippen LogP contribution in [-0.4, -0.2) is 29.0 Å². The van der Waals surface area contributed by atoms with Gasteiger partial charge in [-0.3, -0.25) is 4.79 Å². The van der Waals surface area contributed by atoms with Crippen LogP contribution >= 0.6 is 0 Å². The van der Waals surface area contributed by atoms with Gasteiger partial charge in [0.05, 0.1) is 7.11 Å². The van der Waals surface area contributed by atoms with Crippen molar-refractivity contribution >= 4 is 5.91 Å². The van der Waals surface area contributed by atoms with Crippen molar-refractivity contribution in [2.24, 2.45) is 0 Å². The van der Waals surface area contributed by atoms with Crippen LogP contribution in [0.1, 0.15) is 30.6 Å². The number of hydrogen-bond acceptors (Lipinski definition) is 5. The maximum Gasteiger partial charge on any atom is 0.251 e. The summed E-state index contributed by atoms with van der Waals surface area (Å²) in [6, 6.07) is 16.3. The molecule has 6 nitrogen and oxygen atoms in total. The monoisotopic (exact) mass is 377 g/mol. The van der Waals surface area contributed by atoms with Crippen molar-refractivity contribution < 1.29 is 14.3 Å². The van der Waals surface area contributed by atoms with E-state index in [1.807, 2.05) is 44.2 Å². The van der Waals surface area contributed by atoms with E-state index in [4.69, 9.17) is 9.47 Å². The first kappa shape index (κ1) is 19.4. The Bertz CT molecular complexity index is 959. The van der Waals surface area contributed by atoms with Crippen LogP contribution in [0.3, 0.4) is 0 Å². The number of nitrogens with one attached hydrogen (secondary N) is 1. The summed E-state index contributed by atoms with van der Waals surface area (Å²) in [4.78, 5) is 21.2. The molecule has 1 amide bonds. The molecule has 1 atom stereocenters.